The molecule has 2 aliphatic heterocycles. The Morgan fingerprint density at radius 2 is 2.10 bits per heavy atom. The second-order valence-corrected chi connectivity index (χ2v) is 8.06. The molecule has 7 nitrogen and oxygen atoms in total. The zero-order valence-electron chi connectivity index (χ0n) is 17.2. The van der Waals surface area contributed by atoms with Gasteiger partial charge in [-0.05, 0) is 62.3 Å². The van der Waals surface area contributed by atoms with Gasteiger partial charge in [-0.1, -0.05) is 5.16 Å². The third-order valence-corrected chi connectivity index (χ3v) is 6.07. The molecule has 0 saturated carbocycles. The molecule has 0 spiro atoms. The summed E-state index contributed by atoms with van der Waals surface area (Å²) in [6.07, 6.45) is 4.68. The van der Waals surface area contributed by atoms with Crippen molar-refractivity contribution < 1.29 is 18.8 Å². The lowest BCUT2D eigenvalue weighted by Gasteiger charge is -2.18. The second-order valence-electron chi connectivity index (χ2n) is 8.06. The van der Waals surface area contributed by atoms with Crippen LogP contribution in [0, 0.1) is 12.8 Å². The van der Waals surface area contributed by atoms with Crippen LogP contribution in [0.4, 0.5) is 0 Å². The first-order valence-electron chi connectivity index (χ1n) is 10.5. The van der Waals surface area contributed by atoms with Crippen LogP contribution < -0.4 is 4.74 Å². The average molecular weight is 399 g/mol. The molecular formula is C22H29N3O4. The summed E-state index contributed by atoms with van der Waals surface area (Å²) in [4.78, 5) is 19.5. The number of aromatic nitrogens is 2. The normalized spacial score (nSPS) is 20.2. The van der Waals surface area contributed by atoms with Gasteiger partial charge in [-0.15, -0.1) is 0 Å². The molecule has 1 aromatic heterocycles. The largest absolute Gasteiger partial charge is 0.497 e. The van der Waals surface area contributed by atoms with Gasteiger partial charge in [0.15, 0.2) is 5.82 Å². The van der Waals surface area contributed by atoms with Gasteiger partial charge < -0.3 is 18.9 Å². The number of likely N-dealkylation sites (tertiary alicyclic amines) is 1. The van der Waals surface area contributed by atoms with E-state index in [1.807, 2.05) is 30.0 Å². The van der Waals surface area contributed by atoms with Gasteiger partial charge in [0.25, 0.3) is 5.91 Å². The van der Waals surface area contributed by atoms with Gasteiger partial charge in [0, 0.05) is 44.2 Å². The molecule has 2 aliphatic rings. The van der Waals surface area contributed by atoms with Crippen molar-refractivity contribution in [1.82, 2.24) is 15.0 Å². The maximum absolute atomic E-state index is 12.9. The van der Waals surface area contributed by atoms with E-state index in [4.69, 9.17) is 14.0 Å². The van der Waals surface area contributed by atoms with Crippen molar-refractivity contribution in [2.75, 3.05) is 33.4 Å². The zero-order chi connectivity index (χ0) is 20.2. The number of ether oxygens (including phenoxy) is 2. The van der Waals surface area contributed by atoms with Crippen LogP contribution in [0.5, 0.6) is 5.75 Å². The molecule has 7 heteroatoms. The van der Waals surface area contributed by atoms with E-state index in [0.717, 1.165) is 87.0 Å². The summed E-state index contributed by atoms with van der Waals surface area (Å²) < 4.78 is 16.1. The number of amides is 1. The Kier molecular flexibility index (Phi) is 6.13. The Balaban J connectivity index is 1.29. The maximum atomic E-state index is 12.9. The monoisotopic (exact) mass is 399 g/mol. The van der Waals surface area contributed by atoms with Crippen LogP contribution in [0.3, 0.4) is 0 Å². The van der Waals surface area contributed by atoms with E-state index >= 15 is 0 Å². The summed E-state index contributed by atoms with van der Waals surface area (Å²) in [5.74, 6) is 3.22. The highest BCUT2D eigenvalue weighted by Gasteiger charge is 2.28. The van der Waals surface area contributed by atoms with Gasteiger partial charge in [-0.2, -0.15) is 4.98 Å². The molecule has 4 rings (SSSR count). The Morgan fingerprint density at radius 1 is 1.28 bits per heavy atom. The Morgan fingerprint density at radius 3 is 2.86 bits per heavy atom. The minimum Gasteiger partial charge on any atom is -0.497 e. The zero-order valence-corrected chi connectivity index (χ0v) is 17.2. The smallest absolute Gasteiger partial charge is 0.254 e. The maximum Gasteiger partial charge on any atom is 0.254 e. The fourth-order valence-electron chi connectivity index (χ4n) is 4.24. The van der Waals surface area contributed by atoms with Gasteiger partial charge in [-0.3, -0.25) is 4.79 Å². The van der Waals surface area contributed by atoms with E-state index < -0.39 is 0 Å². The molecule has 0 N–H and O–H groups in total. The third-order valence-electron chi connectivity index (χ3n) is 6.07. The van der Waals surface area contributed by atoms with Gasteiger partial charge >= 0.3 is 0 Å². The summed E-state index contributed by atoms with van der Waals surface area (Å²) >= 11 is 0. The molecule has 1 amide bonds. The van der Waals surface area contributed by atoms with Crippen LogP contribution in [0.1, 0.15) is 59.2 Å². The first-order chi connectivity index (χ1) is 14.1. The molecule has 3 heterocycles. The van der Waals surface area contributed by atoms with Crippen LogP contribution in [-0.4, -0.2) is 54.4 Å². The van der Waals surface area contributed by atoms with Crippen molar-refractivity contribution in [3.63, 3.8) is 0 Å². The van der Waals surface area contributed by atoms with Crippen LogP contribution in [0.25, 0.3) is 0 Å². The number of benzene rings is 1. The molecule has 2 saturated heterocycles. The first kappa shape index (κ1) is 19.9. The molecule has 156 valence electrons. The van der Waals surface area contributed by atoms with Gasteiger partial charge in [0.05, 0.1) is 7.11 Å². The van der Waals surface area contributed by atoms with Crippen LogP contribution in [0.2, 0.25) is 0 Å². The van der Waals surface area contributed by atoms with Gasteiger partial charge in [0.1, 0.15) is 5.75 Å². The third kappa shape index (κ3) is 4.61. The Labute approximate surface area is 171 Å². The van der Waals surface area contributed by atoms with E-state index in [1.165, 1.54) is 0 Å². The lowest BCUT2D eigenvalue weighted by molar-refractivity contribution is 0.0778. The summed E-state index contributed by atoms with van der Waals surface area (Å²) in [5, 5.41) is 4.16. The van der Waals surface area contributed by atoms with Crippen molar-refractivity contribution in [2.24, 2.45) is 5.92 Å². The SMILES string of the molecule is COc1ccc(C(=O)N2CCC(CCc3noc(C4CCOCC4)n3)C2)c(C)c1. The lowest BCUT2D eigenvalue weighted by atomic mass is 10.0. The number of nitrogens with zero attached hydrogens (tertiary/aromatic N) is 3. The van der Waals surface area contributed by atoms with E-state index in [0.29, 0.717) is 11.8 Å². The molecule has 1 aromatic carbocycles. The minimum absolute atomic E-state index is 0.106. The number of hydrogen-bond acceptors (Lipinski definition) is 6. The molecule has 0 bridgehead atoms. The van der Waals surface area contributed by atoms with Crippen molar-refractivity contribution >= 4 is 5.91 Å². The lowest BCUT2D eigenvalue weighted by Crippen LogP contribution is -2.29. The average Bonchev–Trinajstić information content (AvgIpc) is 3.42. The van der Waals surface area contributed by atoms with Gasteiger partial charge in [0.2, 0.25) is 5.89 Å². The van der Waals surface area contributed by atoms with E-state index in [-0.39, 0.29) is 5.91 Å². The fraction of sp³-hybridized carbons (Fsp3) is 0.591. The molecule has 0 radical (unpaired) electrons. The molecule has 2 fully saturated rings. The van der Waals surface area contributed by atoms with E-state index in [9.17, 15) is 4.79 Å². The van der Waals surface area contributed by atoms with Crippen molar-refractivity contribution in [2.45, 2.75) is 44.9 Å². The van der Waals surface area contributed by atoms with Crippen molar-refractivity contribution in [3.05, 3.63) is 41.0 Å². The molecular weight excluding hydrogens is 370 g/mol. The first-order valence-corrected chi connectivity index (χ1v) is 10.5. The predicted octanol–water partition coefficient (Wildman–Crippen LogP) is 3.38. The summed E-state index contributed by atoms with van der Waals surface area (Å²) in [7, 11) is 1.64. The number of hydrogen-bond donors (Lipinski definition) is 0. The highest BCUT2D eigenvalue weighted by molar-refractivity contribution is 5.96. The molecule has 0 aliphatic carbocycles. The number of methoxy groups -OCH3 is 1. The van der Waals surface area contributed by atoms with E-state index in [2.05, 4.69) is 10.1 Å². The van der Waals surface area contributed by atoms with Crippen LogP contribution >= 0.6 is 0 Å². The minimum atomic E-state index is 0.106. The molecule has 29 heavy (non-hydrogen) atoms. The summed E-state index contributed by atoms with van der Waals surface area (Å²) in [6.45, 7) is 5.07. The van der Waals surface area contributed by atoms with Crippen LogP contribution in [0.15, 0.2) is 22.7 Å². The van der Waals surface area contributed by atoms with E-state index in [1.54, 1.807) is 7.11 Å². The number of aryl methyl sites for hydroxylation is 2. The Bertz CT molecular complexity index is 844. The Hall–Kier alpha value is -2.41. The highest BCUT2D eigenvalue weighted by atomic mass is 16.5. The number of carbonyl (C=O) groups excluding carboxylic acids is 1. The highest BCUT2D eigenvalue weighted by Crippen LogP contribution is 2.27. The molecule has 1 atom stereocenters. The fourth-order valence-corrected chi connectivity index (χ4v) is 4.24. The van der Waals surface area contributed by atoms with Crippen LogP contribution in [-0.2, 0) is 11.2 Å². The summed E-state index contributed by atoms with van der Waals surface area (Å²) in [5.41, 5.74) is 1.70. The topological polar surface area (TPSA) is 77.7 Å². The van der Waals surface area contributed by atoms with Gasteiger partial charge in [-0.25, -0.2) is 0 Å². The standard InChI is InChI=1S/C22H29N3O4/c1-15-13-18(27-2)4-5-19(15)22(26)25-10-7-16(14-25)3-6-20-23-21(29-24-20)17-8-11-28-12-9-17/h4-5,13,16-17H,3,6-12,14H2,1-2H3. The van der Waals surface area contributed by atoms with Crippen molar-refractivity contribution in [3.8, 4) is 5.75 Å². The number of rotatable bonds is 6. The predicted molar refractivity (Wildman–Crippen MR) is 107 cm³/mol. The molecule has 1 unspecified atom stereocenters. The summed E-state index contributed by atoms with van der Waals surface area (Å²) in [6, 6.07) is 5.62. The van der Waals surface area contributed by atoms with Crippen molar-refractivity contribution in [1.29, 1.82) is 0 Å². The molecule has 2 aromatic rings. The quantitative estimate of drug-likeness (QED) is 0.741. The second kappa shape index (κ2) is 8.95. The number of carbonyl (C=O) groups is 1.